The van der Waals surface area contributed by atoms with E-state index < -0.39 is 0 Å². The van der Waals surface area contributed by atoms with E-state index in [9.17, 15) is 4.79 Å². The van der Waals surface area contributed by atoms with Crippen LogP contribution in [0.1, 0.15) is 30.9 Å². The highest BCUT2D eigenvalue weighted by atomic mass is 16.2. The fourth-order valence-electron chi connectivity index (χ4n) is 3.10. The van der Waals surface area contributed by atoms with Crippen LogP contribution in [0.15, 0.2) is 24.5 Å². The molecule has 2 aromatic rings. The molecule has 1 amide bonds. The molecule has 0 atom stereocenters. The standard InChI is InChI=1S/C18H23N3O/c1-12(2)15-9-19-10-16-14(15)7-13(3)8-17(16)21-6-5-20(4)18(22)11-21/h7-10,12H,5-6,11H2,1-4H3. The normalized spacial score (nSPS) is 16.0. The third kappa shape index (κ3) is 2.54. The summed E-state index contributed by atoms with van der Waals surface area (Å²) < 4.78 is 0. The number of carbonyl (C=O) groups is 1. The van der Waals surface area contributed by atoms with E-state index in [1.807, 2.05) is 19.4 Å². The van der Waals surface area contributed by atoms with Crippen molar-refractivity contribution in [2.45, 2.75) is 26.7 Å². The monoisotopic (exact) mass is 297 g/mol. The van der Waals surface area contributed by atoms with Gasteiger partial charge in [-0.15, -0.1) is 0 Å². The third-order valence-corrected chi connectivity index (χ3v) is 4.45. The molecule has 3 rings (SSSR count). The predicted octanol–water partition coefficient (Wildman–Crippen LogP) is 2.95. The van der Waals surface area contributed by atoms with E-state index in [0.717, 1.165) is 24.2 Å². The average Bonchev–Trinajstić information content (AvgIpc) is 2.48. The molecular weight excluding hydrogens is 274 g/mol. The van der Waals surface area contributed by atoms with E-state index in [2.05, 4.69) is 42.8 Å². The van der Waals surface area contributed by atoms with Crippen LogP contribution in [0, 0.1) is 6.92 Å². The number of hydrogen-bond donors (Lipinski definition) is 0. The van der Waals surface area contributed by atoms with Crippen molar-refractivity contribution in [2.75, 3.05) is 31.6 Å². The number of benzene rings is 1. The van der Waals surface area contributed by atoms with Gasteiger partial charge in [0.05, 0.1) is 6.54 Å². The minimum Gasteiger partial charge on any atom is -0.360 e. The summed E-state index contributed by atoms with van der Waals surface area (Å²) in [4.78, 5) is 20.5. The van der Waals surface area contributed by atoms with Crippen LogP contribution in [0.3, 0.4) is 0 Å². The molecule has 1 aliphatic heterocycles. The summed E-state index contributed by atoms with van der Waals surface area (Å²) in [5.41, 5.74) is 3.62. The van der Waals surface area contributed by atoms with E-state index in [4.69, 9.17) is 0 Å². The molecule has 1 fully saturated rings. The maximum Gasteiger partial charge on any atom is 0.241 e. The second-order valence-electron chi connectivity index (χ2n) is 6.50. The lowest BCUT2D eigenvalue weighted by Gasteiger charge is -2.34. The van der Waals surface area contributed by atoms with Gasteiger partial charge in [-0.2, -0.15) is 0 Å². The molecule has 0 unspecified atom stereocenters. The molecule has 1 aromatic carbocycles. The van der Waals surface area contributed by atoms with Crippen LogP contribution in [0.4, 0.5) is 5.69 Å². The number of nitrogens with zero attached hydrogens (tertiary/aromatic N) is 3. The number of rotatable bonds is 2. The summed E-state index contributed by atoms with van der Waals surface area (Å²) >= 11 is 0. The van der Waals surface area contributed by atoms with Crippen LogP contribution < -0.4 is 4.90 Å². The van der Waals surface area contributed by atoms with Crippen molar-refractivity contribution >= 4 is 22.4 Å². The molecule has 1 aromatic heterocycles. The zero-order valence-electron chi connectivity index (χ0n) is 13.8. The number of piperazine rings is 1. The van der Waals surface area contributed by atoms with Crippen LogP contribution in [0.2, 0.25) is 0 Å². The molecule has 116 valence electrons. The molecule has 22 heavy (non-hydrogen) atoms. The van der Waals surface area contributed by atoms with Gasteiger partial charge in [0.15, 0.2) is 0 Å². The molecule has 0 N–H and O–H groups in total. The van der Waals surface area contributed by atoms with Crippen molar-refractivity contribution in [3.8, 4) is 0 Å². The average molecular weight is 297 g/mol. The molecule has 0 radical (unpaired) electrons. The molecule has 0 saturated carbocycles. The van der Waals surface area contributed by atoms with Crippen molar-refractivity contribution in [2.24, 2.45) is 0 Å². The first-order valence-corrected chi connectivity index (χ1v) is 7.84. The smallest absolute Gasteiger partial charge is 0.241 e. The van der Waals surface area contributed by atoms with Crippen molar-refractivity contribution < 1.29 is 4.79 Å². The summed E-state index contributed by atoms with van der Waals surface area (Å²) in [7, 11) is 1.87. The van der Waals surface area contributed by atoms with Gasteiger partial charge in [-0.1, -0.05) is 19.9 Å². The van der Waals surface area contributed by atoms with Crippen LogP contribution in [0.5, 0.6) is 0 Å². The lowest BCUT2D eigenvalue weighted by atomic mass is 9.96. The number of aryl methyl sites for hydroxylation is 1. The number of hydrogen-bond acceptors (Lipinski definition) is 3. The number of likely N-dealkylation sites (N-methyl/N-ethyl adjacent to an activating group) is 1. The molecule has 4 heteroatoms. The summed E-state index contributed by atoms with van der Waals surface area (Å²) in [6.45, 7) is 8.58. The van der Waals surface area contributed by atoms with Crippen LogP contribution in [0.25, 0.3) is 10.8 Å². The molecule has 0 bridgehead atoms. The Hall–Kier alpha value is -2.10. The van der Waals surface area contributed by atoms with Gasteiger partial charge in [-0.3, -0.25) is 9.78 Å². The van der Waals surface area contributed by atoms with Gasteiger partial charge < -0.3 is 9.80 Å². The fourth-order valence-corrected chi connectivity index (χ4v) is 3.10. The van der Waals surface area contributed by atoms with E-state index in [-0.39, 0.29) is 5.91 Å². The second kappa shape index (κ2) is 5.59. The van der Waals surface area contributed by atoms with Gasteiger partial charge in [0.2, 0.25) is 5.91 Å². The predicted molar refractivity (Wildman–Crippen MR) is 90.4 cm³/mol. The molecule has 4 nitrogen and oxygen atoms in total. The van der Waals surface area contributed by atoms with Gasteiger partial charge in [0, 0.05) is 43.6 Å². The van der Waals surface area contributed by atoms with Crippen LogP contribution >= 0.6 is 0 Å². The Bertz CT molecular complexity index is 724. The Morgan fingerprint density at radius 1 is 1.14 bits per heavy atom. The zero-order chi connectivity index (χ0) is 15.9. The number of aromatic nitrogens is 1. The lowest BCUT2D eigenvalue weighted by Crippen LogP contribution is -2.48. The highest BCUT2D eigenvalue weighted by molar-refractivity contribution is 5.98. The van der Waals surface area contributed by atoms with Crippen molar-refractivity contribution in [3.63, 3.8) is 0 Å². The first-order chi connectivity index (χ1) is 10.5. The Morgan fingerprint density at radius 3 is 2.59 bits per heavy atom. The SMILES string of the molecule is Cc1cc(N2CCN(C)C(=O)C2)c2cncc(C(C)C)c2c1. The minimum atomic E-state index is 0.175. The Kier molecular flexibility index (Phi) is 3.77. The fraction of sp³-hybridized carbons (Fsp3) is 0.444. The number of anilines is 1. The maximum atomic E-state index is 12.0. The van der Waals surface area contributed by atoms with Gasteiger partial charge in [-0.05, 0) is 35.4 Å². The first-order valence-electron chi connectivity index (χ1n) is 7.84. The third-order valence-electron chi connectivity index (χ3n) is 4.45. The van der Waals surface area contributed by atoms with Crippen LogP contribution in [-0.2, 0) is 4.79 Å². The minimum absolute atomic E-state index is 0.175. The number of fused-ring (bicyclic) bond motifs is 1. The lowest BCUT2D eigenvalue weighted by molar-refractivity contribution is -0.129. The summed E-state index contributed by atoms with van der Waals surface area (Å²) in [5.74, 6) is 0.605. The Balaban J connectivity index is 2.14. The van der Waals surface area contributed by atoms with Gasteiger partial charge in [0.1, 0.15) is 0 Å². The topological polar surface area (TPSA) is 36.4 Å². The van der Waals surface area contributed by atoms with E-state index in [1.54, 1.807) is 4.90 Å². The van der Waals surface area contributed by atoms with Crippen molar-refractivity contribution in [1.29, 1.82) is 0 Å². The molecule has 0 aliphatic carbocycles. The molecule has 0 spiro atoms. The van der Waals surface area contributed by atoms with E-state index in [1.165, 1.54) is 16.5 Å². The maximum absolute atomic E-state index is 12.0. The Labute approximate surface area is 131 Å². The number of carbonyl (C=O) groups excluding carboxylic acids is 1. The quantitative estimate of drug-likeness (QED) is 0.855. The zero-order valence-corrected chi connectivity index (χ0v) is 13.8. The Morgan fingerprint density at radius 2 is 1.91 bits per heavy atom. The number of amides is 1. The van der Waals surface area contributed by atoms with Gasteiger partial charge in [-0.25, -0.2) is 0 Å². The summed E-state index contributed by atoms with van der Waals surface area (Å²) in [5, 5.41) is 2.40. The van der Waals surface area contributed by atoms with E-state index >= 15 is 0 Å². The molecule has 2 heterocycles. The highest BCUT2D eigenvalue weighted by Crippen LogP contribution is 2.33. The second-order valence-corrected chi connectivity index (χ2v) is 6.50. The molecular formula is C18H23N3O. The largest absolute Gasteiger partial charge is 0.360 e. The van der Waals surface area contributed by atoms with Gasteiger partial charge in [0.25, 0.3) is 0 Å². The highest BCUT2D eigenvalue weighted by Gasteiger charge is 2.23. The summed E-state index contributed by atoms with van der Waals surface area (Å²) in [6.07, 6.45) is 3.89. The van der Waals surface area contributed by atoms with Gasteiger partial charge >= 0.3 is 0 Å². The summed E-state index contributed by atoms with van der Waals surface area (Å²) in [6, 6.07) is 4.40. The van der Waals surface area contributed by atoms with Crippen molar-refractivity contribution in [3.05, 3.63) is 35.7 Å². The van der Waals surface area contributed by atoms with Crippen LogP contribution in [-0.4, -0.2) is 42.5 Å². The first kappa shape index (κ1) is 14.8. The van der Waals surface area contributed by atoms with Crippen molar-refractivity contribution in [1.82, 2.24) is 9.88 Å². The number of pyridine rings is 1. The molecule has 1 saturated heterocycles. The van der Waals surface area contributed by atoms with E-state index in [0.29, 0.717) is 12.5 Å². The molecule has 1 aliphatic rings.